The summed E-state index contributed by atoms with van der Waals surface area (Å²) in [5.41, 5.74) is 0.992. The Kier molecular flexibility index (Phi) is 4.60. The number of sulfonamides is 1. The molecule has 19 heavy (non-hydrogen) atoms. The summed E-state index contributed by atoms with van der Waals surface area (Å²) in [5, 5.41) is 3.04. The molecule has 106 valence electrons. The van der Waals surface area contributed by atoms with Gasteiger partial charge in [0.2, 0.25) is 10.0 Å². The predicted molar refractivity (Wildman–Crippen MR) is 76.4 cm³/mol. The molecule has 5 heteroatoms. The van der Waals surface area contributed by atoms with Crippen molar-refractivity contribution in [3.63, 3.8) is 0 Å². The normalized spacial score (nSPS) is 15.9. The summed E-state index contributed by atoms with van der Waals surface area (Å²) in [6, 6.07) is 7.20. The summed E-state index contributed by atoms with van der Waals surface area (Å²) in [6.07, 6.45) is 2.32. The first kappa shape index (κ1) is 14.5. The molecule has 2 rings (SSSR count). The summed E-state index contributed by atoms with van der Waals surface area (Å²) in [7, 11) is -1.49. The van der Waals surface area contributed by atoms with Crippen LogP contribution in [0.5, 0.6) is 0 Å². The SMILES string of the molecule is CCN(CC1CC1)S(=O)(=O)c1cccc(CNC)c1. The van der Waals surface area contributed by atoms with Crippen LogP contribution in [0.15, 0.2) is 29.2 Å². The van der Waals surface area contributed by atoms with Gasteiger partial charge in [0.05, 0.1) is 4.90 Å². The molecule has 0 radical (unpaired) electrons. The first-order valence-electron chi connectivity index (χ1n) is 6.81. The van der Waals surface area contributed by atoms with Gasteiger partial charge in [0, 0.05) is 19.6 Å². The minimum atomic E-state index is -3.34. The highest BCUT2D eigenvalue weighted by Gasteiger charge is 2.30. The topological polar surface area (TPSA) is 49.4 Å². The van der Waals surface area contributed by atoms with Crippen molar-refractivity contribution in [2.75, 3.05) is 20.1 Å². The minimum Gasteiger partial charge on any atom is -0.316 e. The number of hydrogen-bond donors (Lipinski definition) is 1. The molecule has 1 saturated carbocycles. The van der Waals surface area contributed by atoms with Crippen LogP contribution in [0.2, 0.25) is 0 Å². The molecule has 0 bridgehead atoms. The zero-order valence-electron chi connectivity index (χ0n) is 11.6. The molecule has 1 N–H and O–H groups in total. The van der Waals surface area contributed by atoms with Gasteiger partial charge in [0.1, 0.15) is 0 Å². The molecule has 1 aromatic rings. The Morgan fingerprint density at radius 1 is 1.37 bits per heavy atom. The Labute approximate surface area is 115 Å². The zero-order chi connectivity index (χ0) is 13.9. The lowest BCUT2D eigenvalue weighted by atomic mass is 10.2. The second kappa shape index (κ2) is 6.03. The number of benzene rings is 1. The van der Waals surface area contributed by atoms with Gasteiger partial charge in [0.25, 0.3) is 0 Å². The first-order valence-corrected chi connectivity index (χ1v) is 8.25. The summed E-state index contributed by atoms with van der Waals surface area (Å²) in [6.45, 7) is 3.78. The van der Waals surface area contributed by atoms with Crippen molar-refractivity contribution in [1.82, 2.24) is 9.62 Å². The average molecular weight is 282 g/mol. The molecule has 4 nitrogen and oxygen atoms in total. The van der Waals surface area contributed by atoms with E-state index in [4.69, 9.17) is 0 Å². The molecule has 1 aromatic carbocycles. The third kappa shape index (κ3) is 3.55. The van der Waals surface area contributed by atoms with Gasteiger partial charge >= 0.3 is 0 Å². The Hall–Kier alpha value is -0.910. The maximum Gasteiger partial charge on any atom is 0.243 e. The van der Waals surface area contributed by atoms with Crippen LogP contribution in [0.1, 0.15) is 25.3 Å². The standard InChI is InChI=1S/C14H22N2O2S/c1-3-16(11-12-7-8-12)19(17,18)14-6-4-5-13(9-14)10-15-2/h4-6,9,12,15H,3,7-8,10-11H2,1-2H3. The highest BCUT2D eigenvalue weighted by atomic mass is 32.2. The quantitative estimate of drug-likeness (QED) is 0.830. The predicted octanol–water partition coefficient (Wildman–Crippen LogP) is 1.83. The van der Waals surface area contributed by atoms with Gasteiger partial charge in [-0.1, -0.05) is 19.1 Å². The van der Waals surface area contributed by atoms with Gasteiger partial charge in [-0.05, 0) is 43.5 Å². The van der Waals surface area contributed by atoms with Crippen LogP contribution in [-0.2, 0) is 16.6 Å². The number of nitrogens with zero attached hydrogens (tertiary/aromatic N) is 1. The maximum absolute atomic E-state index is 12.6. The molecule has 0 aliphatic heterocycles. The smallest absolute Gasteiger partial charge is 0.243 e. The van der Waals surface area contributed by atoms with Gasteiger partial charge in [-0.15, -0.1) is 0 Å². The first-order chi connectivity index (χ1) is 9.07. The molecule has 1 fully saturated rings. The van der Waals surface area contributed by atoms with Crippen LogP contribution in [0.3, 0.4) is 0 Å². The average Bonchev–Trinajstić information content (AvgIpc) is 3.20. The van der Waals surface area contributed by atoms with E-state index in [1.54, 1.807) is 16.4 Å². The summed E-state index contributed by atoms with van der Waals surface area (Å²) in [5.74, 6) is 0.565. The van der Waals surface area contributed by atoms with Crippen molar-refractivity contribution in [2.45, 2.75) is 31.2 Å². The molecular formula is C14H22N2O2S. The lowest BCUT2D eigenvalue weighted by molar-refractivity contribution is 0.412. The Morgan fingerprint density at radius 2 is 2.11 bits per heavy atom. The number of hydrogen-bond acceptors (Lipinski definition) is 3. The summed E-state index contributed by atoms with van der Waals surface area (Å²) < 4.78 is 26.8. The van der Waals surface area contributed by atoms with Crippen LogP contribution in [-0.4, -0.2) is 32.9 Å². The van der Waals surface area contributed by atoms with E-state index in [0.29, 0.717) is 30.4 Å². The molecule has 1 aliphatic rings. The summed E-state index contributed by atoms with van der Waals surface area (Å²) in [4.78, 5) is 0.405. The van der Waals surface area contributed by atoms with E-state index in [9.17, 15) is 8.42 Å². The molecule has 1 aliphatic carbocycles. The van der Waals surface area contributed by atoms with Gasteiger partial charge in [-0.3, -0.25) is 0 Å². The molecule has 0 heterocycles. The van der Waals surface area contributed by atoms with Crippen LogP contribution in [0, 0.1) is 5.92 Å². The van der Waals surface area contributed by atoms with Crippen LogP contribution in [0.4, 0.5) is 0 Å². The van der Waals surface area contributed by atoms with E-state index in [2.05, 4.69) is 5.32 Å². The monoisotopic (exact) mass is 282 g/mol. The van der Waals surface area contributed by atoms with Crippen molar-refractivity contribution in [1.29, 1.82) is 0 Å². The lowest BCUT2D eigenvalue weighted by Crippen LogP contribution is -2.32. The number of rotatable bonds is 7. The van der Waals surface area contributed by atoms with E-state index < -0.39 is 10.0 Å². The van der Waals surface area contributed by atoms with E-state index in [0.717, 1.165) is 18.4 Å². The molecule has 0 spiro atoms. The van der Waals surface area contributed by atoms with Gasteiger partial charge in [0.15, 0.2) is 0 Å². The summed E-state index contributed by atoms with van der Waals surface area (Å²) >= 11 is 0. The van der Waals surface area contributed by atoms with E-state index in [1.807, 2.05) is 26.1 Å². The second-order valence-corrected chi connectivity index (χ2v) is 7.01. The Morgan fingerprint density at radius 3 is 2.68 bits per heavy atom. The van der Waals surface area contributed by atoms with Gasteiger partial charge in [-0.25, -0.2) is 8.42 Å². The fourth-order valence-corrected chi connectivity index (χ4v) is 3.75. The van der Waals surface area contributed by atoms with E-state index in [1.165, 1.54) is 0 Å². The molecule has 0 atom stereocenters. The third-order valence-corrected chi connectivity index (χ3v) is 5.37. The van der Waals surface area contributed by atoms with Crippen LogP contribution in [0.25, 0.3) is 0 Å². The number of nitrogens with one attached hydrogen (secondary N) is 1. The van der Waals surface area contributed by atoms with Crippen molar-refractivity contribution < 1.29 is 8.42 Å². The molecule has 0 aromatic heterocycles. The molecular weight excluding hydrogens is 260 g/mol. The van der Waals surface area contributed by atoms with E-state index in [-0.39, 0.29) is 0 Å². The third-order valence-electron chi connectivity index (χ3n) is 3.43. The van der Waals surface area contributed by atoms with Crippen molar-refractivity contribution in [3.8, 4) is 0 Å². The van der Waals surface area contributed by atoms with Crippen molar-refractivity contribution >= 4 is 10.0 Å². The van der Waals surface area contributed by atoms with Crippen LogP contribution >= 0.6 is 0 Å². The molecule has 0 saturated heterocycles. The fourth-order valence-electron chi connectivity index (χ4n) is 2.15. The lowest BCUT2D eigenvalue weighted by Gasteiger charge is -2.20. The minimum absolute atomic E-state index is 0.405. The highest BCUT2D eigenvalue weighted by molar-refractivity contribution is 7.89. The maximum atomic E-state index is 12.6. The van der Waals surface area contributed by atoms with E-state index >= 15 is 0 Å². The Bertz CT molecular complexity index is 524. The molecule has 0 amide bonds. The largest absolute Gasteiger partial charge is 0.316 e. The zero-order valence-corrected chi connectivity index (χ0v) is 12.4. The Balaban J connectivity index is 2.23. The van der Waals surface area contributed by atoms with Gasteiger partial charge in [-0.2, -0.15) is 4.31 Å². The van der Waals surface area contributed by atoms with Gasteiger partial charge < -0.3 is 5.32 Å². The van der Waals surface area contributed by atoms with Crippen molar-refractivity contribution in [2.24, 2.45) is 5.92 Å². The molecule has 0 unspecified atom stereocenters. The second-order valence-electron chi connectivity index (χ2n) is 5.08. The highest BCUT2D eigenvalue weighted by Crippen LogP contribution is 2.31. The fraction of sp³-hybridized carbons (Fsp3) is 0.571. The van der Waals surface area contributed by atoms with Crippen molar-refractivity contribution in [3.05, 3.63) is 29.8 Å². The van der Waals surface area contributed by atoms with Crippen LogP contribution < -0.4 is 5.32 Å².